The molecule has 0 atom stereocenters. The van der Waals surface area contributed by atoms with E-state index in [-0.39, 0.29) is 18.1 Å². The zero-order chi connectivity index (χ0) is 14.8. The molecule has 1 amide bonds. The van der Waals surface area contributed by atoms with Crippen molar-refractivity contribution in [1.82, 2.24) is 14.9 Å². The van der Waals surface area contributed by atoms with Gasteiger partial charge >= 0.3 is 5.97 Å². The van der Waals surface area contributed by atoms with Crippen LogP contribution in [0.3, 0.4) is 0 Å². The van der Waals surface area contributed by atoms with Crippen LogP contribution in [0, 0.1) is 0 Å². The lowest BCUT2D eigenvalue weighted by molar-refractivity contribution is 0.0691. The van der Waals surface area contributed by atoms with Crippen molar-refractivity contribution in [1.29, 1.82) is 0 Å². The van der Waals surface area contributed by atoms with Gasteiger partial charge in [0.05, 0.1) is 6.54 Å². The highest BCUT2D eigenvalue weighted by Gasteiger charge is 2.23. The van der Waals surface area contributed by atoms with Crippen molar-refractivity contribution < 1.29 is 14.7 Å². The Hall–Kier alpha value is -2.15. The number of nitrogens with one attached hydrogen (secondary N) is 1. The molecule has 21 heavy (non-hydrogen) atoms. The zero-order valence-corrected chi connectivity index (χ0v) is 12.1. The summed E-state index contributed by atoms with van der Waals surface area (Å²) in [5.41, 5.74) is 0.664. The summed E-state index contributed by atoms with van der Waals surface area (Å²) in [6.45, 7) is 0.243. The third-order valence-corrected chi connectivity index (χ3v) is 4.50. The summed E-state index contributed by atoms with van der Waals surface area (Å²) in [4.78, 5) is 26.9. The number of aromatic carboxylic acids is 1. The fraction of sp³-hybridized carbons (Fsp3) is 0.357. The van der Waals surface area contributed by atoms with E-state index >= 15 is 0 Å². The lowest BCUT2D eigenvalue weighted by Crippen LogP contribution is -2.28. The molecule has 110 valence electrons. The predicted molar refractivity (Wildman–Crippen MR) is 77.6 cm³/mol. The number of amides is 1. The van der Waals surface area contributed by atoms with Gasteiger partial charge in [-0.1, -0.05) is 0 Å². The summed E-state index contributed by atoms with van der Waals surface area (Å²) in [7, 11) is 0. The average molecular weight is 305 g/mol. The summed E-state index contributed by atoms with van der Waals surface area (Å²) in [5, 5.41) is 13.7. The number of carbonyl (C=O) groups excluding carboxylic acids is 1. The standard InChI is InChI=1S/C14H15N3O3S/c18-13(11-5-2-6-17(11)9-3-1-4-9)15-7-12-16-10(8-21-12)14(19)20/h2,5-6,8-9H,1,3-4,7H2,(H,15,18)(H,19,20). The molecule has 0 radical (unpaired) electrons. The molecule has 1 fully saturated rings. The first-order valence-electron chi connectivity index (χ1n) is 6.78. The Morgan fingerprint density at radius 2 is 2.29 bits per heavy atom. The van der Waals surface area contributed by atoms with Gasteiger partial charge in [0.1, 0.15) is 10.7 Å². The SMILES string of the molecule is O=C(O)c1csc(CNC(=O)c2cccn2C2CCC2)n1. The molecule has 3 rings (SSSR count). The van der Waals surface area contributed by atoms with Crippen LogP contribution in [0.1, 0.15) is 51.3 Å². The first-order chi connectivity index (χ1) is 10.1. The monoisotopic (exact) mass is 305 g/mol. The van der Waals surface area contributed by atoms with Crippen LogP contribution in [-0.4, -0.2) is 26.5 Å². The summed E-state index contributed by atoms with van der Waals surface area (Å²) in [6.07, 6.45) is 5.37. The smallest absolute Gasteiger partial charge is 0.355 e. The van der Waals surface area contributed by atoms with E-state index in [4.69, 9.17) is 5.11 Å². The molecular formula is C14H15N3O3S. The molecule has 0 unspecified atom stereocenters. The van der Waals surface area contributed by atoms with Gasteiger partial charge in [-0.15, -0.1) is 11.3 Å². The highest BCUT2D eigenvalue weighted by atomic mass is 32.1. The number of carboxylic acid groups (broad SMARTS) is 1. The van der Waals surface area contributed by atoms with Crippen molar-refractivity contribution in [3.8, 4) is 0 Å². The minimum atomic E-state index is -1.05. The maximum atomic E-state index is 12.2. The average Bonchev–Trinajstić information content (AvgIpc) is 3.02. The van der Waals surface area contributed by atoms with E-state index in [0.29, 0.717) is 16.7 Å². The summed E-state index contributed by atoms with van der Waals surface area (Å²) in [5.74, 6) is -1.21. The van der Waals surface area contributed by atoms with E-state index in [1.807, 2.05) is 16.8 Å². The van der Waals surface area contributed by atoms with Crippen LogP contribution in [0.2, 0.25) is 0 Å². The third-order valence-electron chi connectivity index (χ3n) is 3.65. The highest BCUT2D eigenvalue weighted by molar-refractivity contribution is 7.09. The molecule has 0 aliphatic heterocycles. The van der Waals surface area contributed by atoms with Gasteiger partial charge < -0.3 is 15.0 Å². The van der Waals surface area contributed by atoms with Crippen molar-refractivity contribution in [2.45, 2.75) is 31.8 Å². The van der Waals surface area contributed by atoms with Gasteiger partial charge in [-0.25, -0.2) is 9.78 Å². The van der Waals surface area contributed by atoms with E-state index in [1.165, 1.54) is 23.1 Å². The molecule has 2 aromatic rings. The lowest BCUT2D eigenvalue weighted by atomic mass is 9.93. The molecule has 1 aliphatic carbocycles. The molecule has 0 saturated heterocycles. The molecule has 6 nitrogen and oxygen atoms in total. The second-order valence-electron chi connectivity index (χ2n) is 5.00. The van der Waals surface area contributed by atoms with Crippen LogP contribution in [0.25, 0.3) is 0 Å². The molecule has 2 heterocycles. The molecule has 2 aromatic heterocycles. The maximum Gasteiger partial charge on any atom is 0.355 e. The molecule has 2 N–H and O–H groups in total. The largest absolute Gasteiger partial charge is 0.476 e. The van der Waals surface area contributed by atoms with Crippen LogP contribution in [0.15, 0.2) is 23.7 Å². The fourth-order valence-corrected chi connectivity index (χ4v) is 3.01. The first-order valence-corrected chi connectivity index (χ1v) is 7.66. The normalized spacial score (nSPS) is 14.7. The van der Waals surface area contributed by atoms with E-state index in [1.54, 1.807) is 6.07 Å². The van der Waals surface area contributed by atoms with Crippen molar-refractivity contribution >= 4 is 23.2 Å². The Morgan fingerprint density at radius 3 is 2.90 bits per heavy atom. The van der Waals surface area contributed by atoms with Gasteiger partial charge in [-0.3, -0.25) is 4.79 Å². The second kappa shape index (κ2) is 5.69. The van der Waals surface area contributed by atoms with Crippen molar-refractivity contribution in [3.63, 3.8) is 0 Å². The van der Waals surface area contributed by atoms with E-state index < -0.39 is 5.97 Å². The Labute approximate surface area is 125 Å². The topological polar surface area (TPSA) is 84.2 Å². The highest BCUT2D eigenvalue weighted by Crippen LogP contribution is 2.32. The number of carboxylic acids is 1. The quantitative estimate of drug-likeness (QED) is 0.887. The Balaban J connectivity index is 1.63. The van der Waals surface area contributed by atoms with E-state index in [2.05, 4.69) is 10.3 Å². The Kier molecular flexibility index (Phi) is 3.74. The number of aromatic nitrogens is 2. The van der Waals surface area contributed by atoms with Crippen LogP contribution in [0.5, 0.6) is 0 Å². The molecule has 0 bridgehead atoms. The van der Waals surface area contributed by atoms with Crippen molar-refractivity contribution in [2.75, 3.05) is 0 Å². The molecule has 1 aliphatic rings. The van der Waals surface area contributed by atoms with Crippen LogP contribution < -0.4 is 5.32 Å². The Bertz CT molecular complexity index is 673. The zero-order valence-electron chi connectivity index (χ0n) is 11.3. The number of carbonyl (C=O) groups is 2. The van der Waals surface area contributed by atoms with Gasteiger partial charge in [-0.05, 0) is 31.4 Å². The summed E-state index contributed by atoms with van der Waals surface area (Å²) < 4.78 is 2.02. The van der Waals surface area contributed by atoms with Crippen molar-refractivity contribution in [3.05, 3.63) is 40.1 Å². The third kappa shape index (κ3) is 2.82. The van der Waals surface area contributed by atoms with E-state index in [9.17, 15) is 9.59 Å². The van der Waals surface area contributed by atoms with Gasteiger partial charge in [0, 0.05) is 17.6 Å². The van der Waals surface area contributed by atoms with E-state index in [0.717, 1.165) is 12.8 Å². The number of nitrogens with zero attached hydrogens (tertiary/aromatic N) is 2. The summed E-state index contributed by atoms with van der Waals surface area (Å²) in [6, 6.07) is 4.11. The fourth-order valence-electron chi connectivity index (χ4n) is 2.31. The van der Waals surface area contributed by atoms with Crippen molar-refractivity contribution in [2.24, 2.45) is 0 Å². The number of hydrogen-bond donors (Lipinski definition) is 2. The number of thiazole rings is 1. The van der Waals surface area contributed by atoms with Crippen LogP contribution in [0.4, 0.5) is 0 Å². The molecule has 1 saturated carbocycles. The van der Waals surface area contributed by atoms with Crippen LogP contribution in [-0.2, 0) is 6.54 Å². The maximum absolute atomic E-state index is 12.2. The molecular weight excluding hydrogens is 290 g/mol. The molecule has 0 spiro atoms. The first kappa shape index (κ1) is 13.8. The van der Waals surface area contributed by atoms with Crippen LogP contribution >= 0.6 is 11.3 Å². The second-order valence-corrected chi connectivity index (χ2v) is 5.94. The predicted octanol–water partition coefficient (Wildman–Crippen LogP) is 2.30. The lowest BCUT2D eigenvalue weighted by Gasteiger charge is -2.28. The minimum Gasteiger partial charge on any atom is -0.476 e. The number of rotatable bonds is 5. The molecule has 7 heteroatoms. The van der Waals surface area contributed by atoms with Gasteiger partial charge in [0.2, 0.25) is 0 Å². The van der Waals surface area contributed by atoms with Gasteiger partial charge in [-0.2, -0.15) is 0 Å². The summed E-state index contributed by atoms with van der Waals surface area (Å²) >= 11 is 1.23. The molecule has 0 aromatic carbocycles. The van der Waals surface area contributed by atoms with Gasteiger partial charge in [0.25, 0.3) is 5.91 Å². The Morgan fingerprint density at radius 1 is 1.48 bits per heavy atom. The number of hydrogen-bond acceptors (Lipinski definition) is 4. The van der Waals surface area contributed by atoms with Gasteiger partial charge in [0.15, 0.2) is 5.69 Å². The minimum absolute atomic E-state index is 0.0158.